The fraction of sp³-hybridized carbons (Fsp3) is 0.739. The van der Waals surface area contributed by atoms with Crippen LogP contribution in [0.15, 0.2) is 23.8 Å². The highest BCUT2D eigenvalue weighted by molar-refractivity contribution is 5.91. The molecule has 32 heavy (non-hydrogen) atoms. The van der Waals surface area contributed by atoms with E-state index in [0.29, 0.717) is 18.4 Å². The lowest BCUT2D eigenvalue weighted by Crippen LogP contribution is -2.61. The molecule has 0 unspecified atom stereocenters. The van der Waals surface area contributed by atoms with E-state index in [2.05, 4.69) is 6.58 Å². The summed E-state index contributed by atoms with van der Waals surface area (Å²) in [6.07, 6.45) is -2.82. The average molecular weight is 453 g/mol. The van der Waals surface area contributed by atoms with E-state index in [1.165, 1.54) is 6.92 Å². The van der Waals surface area contributed by atoms with Gasteiger partial charge in [-0.2, -0.15) is 0 Å². The molecule has 0 aromatic heterocycles. The average Bonchev–Trinajstić information content (AvgIpc) is 3.13. The quantitative estimate of drug-likeness (QED) is 0.319. The van der Waals surface area contributed by atoms with Crippen LogP contribution < -0.4 is 0 Å². The van der Waals surface area contributed by atoms with Crippen molar-refractivity contribution in [2.75, 3.05) is 6.61 Å². The number of aliphatic hydroxyl groups excluding tert-OH is 3. The summed E-state index contributed by atoms with van der Waals surface area (Å²) in [5.74, 6) is -0.848. The molecule has 0 aromatic rings. The van der Waals surface area contributed by atoms with E-state index in [-0.39, 0.29) is 36.4 Å². The van der Waals surface area contributed by atoms with Crippen molar-refractivity contribution in [2.24, 2.45) is 17.8 Å². The fourth-order valence-electron chi connectivity index (χ4n) is 5.69. The third kappa shape index (κ3) is 4.01. The van der Waals surface area contributed by atoms with Crippen LogP contribution in [0.2, 0.25) is 0 Å². The van der Waals surface area contributed by atoms with Crippen LogP contribution in [0.3, 0.4) is 0 Å². The molecule has 1 saturated carbocycles. The van der Waals surface area contributed by atoms with E-state index in [4.69, 9.17) is 18.9 Å². The molecule has 10 atom stereocenters. The number of fused-ring (bicyclic) bond motifs is 2. The molecule has 3 N–H and O–H groups in total. The van der Waals surface area contributed by atoms with Crippen LogP contribution in [0.1, 0.15) is 40.0 Å². The molecule has 9 heteroatoms. The summed E-state index contributed by atoms with van der Waals surface area (Å²) in [6.45, 7) is 8.86. The monoisotopic (exact) mass is 452 g/mol. The first-order valence-electron chi connectivity index (χ1n) is 11.1. The zero-order valence-electron chi connectivity index (χ0n) is 18.6. The van der Waals surface area contributed by atoms with Gasteiger partial charge in [-0.05, 0) is 51.0 Å². The number of allylic oxidation sites excluding steroid dienone is 1. The van der Waals surface area contributed by atoms with Crippen LogP contribution in [0.25, 0.3) is 0 Å². The molecular weight excluding hydrogens is 420 g/mol. The van der Waals surface area contributed by atoms with Gasteiger partial charge in [0, 0.05) is 18.4 Å². The molecule has 0 amide bonds. The van der Waals surface area contributed by atoms with Crippen LogP contribution in [0.4, 0.5) is 0 Å². The van der Waals surface area contributed by atoms with Crippen molar-refractivity contribution in [2.45, 2.75) is 82.4 Å². The van der Waals surface area contributed by atoms with Gasteiger partial charge in [0.05, 0.1) is 5.60 Å². The van der Waals surface area contributed by atoms with Crippen molar-refractivity contribution >= 4 is 11.9 Å². The molecule has 9 nitrogen and oxygen atoms in total. The van der Waals surface area contributed by atoms with Crippen LogP contribution >= 0.6 is 0 Å². The van der Waals surface area contributed by atoms with Crippen molar-refractivity contribution in [1.29, 1.82) is 0 Å². The molecule has 0 aromatic carbocycles. The van der Waals surface area contributed by atoms with Crippen LogP contribution in [0.5, 0.6) is 0 Å². The number of hydrogen-bond acceptors (Lipinski definition) is 9. The van der Waals surface area contributed by atoms with Gasteiger partial charge in [-0.1, -0.05) is 12.2 Å². The standard InChI is InChI=1S/C23H32O9/c1-10-7-16-14(11(2)21(28)30-16)8-15-13(10)5-6-23(15,4)32-22-20(27)19(26)18(25)17(31-22)9-29-12(3)24/h7,13-20,22,25-27H,2,5-6,8-9H2,1,3-4H3/t13-,14-,15-,16+,17-,18-,19+,20-,22+,23-/m1/s1. The van der Waals surface area contributed by atoms with Gasteiger partial charge in [0.2, 0.25) is 0 Å². The Morgan fingerprint density at radius 2 is 1.97 bits per heavy atom. The highest BCUT2D eigenvalue weighted by Crippen LogP contribution is 2.53. The van der Waals surface area contributed by atoms with Gasteiger partial charge in [-0.25, -0.2) is 4.79 Å². The summed E-state index contributed by atoms with van der Waals surface area (Å²) >= 11 is 0. The third-order valence-corrected chi connectivity index (χ3v) is 7.60. The zero-order valence-corrected chi connectivity index (χ0v) is 18.6. The lowest BCUT2D eigenvalue weighted by atomic mass is 9.78. The largest absolute Gasteiger partial charge is 0.463 e. The molecule has 0 bridgehead atoms. The van der Waals surface area contributed by atoms with Crippen LogP contribution in [-0.2, 0) is 28.5 Å². The van der Waals surface area contributed by atoms with Crippen molar-refractivity contribution in [3.05, 3.63) is 23.8 Å². The molecule has 4 aliphatic rings. The Kier molecular flexibility index (Phi) is 6.23. The molecule has 2 aliphatic heterocycles. The topological polar surface area (TPSA) is 132 Å². The van der Waals surface area contributed by atoms with Gasteiger partial charge >= 0.3 is 11.9 Å². The van der Waals surface area contributed by atoms with Gasteiger partial charge < -0.3 is 34.3 Å². The molecule has 0 spiro atoms. The summed E-state index contributed by atoms with van der Waals surface area (Å²) in [7, 11) is 0. The van der Waals surface area contributed by atoms with Gasteiger partial charge in [0.1, 0.15) is 37.1 Å². The maximum Gasteiger partial charge on any atom is 0.334 e. The summed E-state index contributed by atoms with van der Waals surface area (Å²) in [5.41, 5.74) is 0.869. The van der Waals surface area contributed by atoms with Crippen molar-refractivity contribution < 1.29 is 43.9 Å². The SMILES string of the molecule is C=C1C(=O)O[C@H]2C=C(C)[C@H]3CC[C@@](C)(O[C@@H]4O[C@H](COC(C)=O)[C@@H](O)[C@H](O)[C@H]4O)[C@@H]3C[C@H]12. The molecule has 178 valence electrons. The predicted octanol–water partition coefficient (Wildman–Crippen LogP) is 0.606. The Labute approximate surface area is 187 Å². The number of hydrogen-bond donors (Lipinski definition) is 3. The summed E-state index contributed by atoms with van der Waals surface area (Å²) in [6, 6.07) is 0. The Hall–Kier alpha value is -1.78. The van der Waals surface area contributed by atoms with E-state index in [0.717, 1.165) is 12.0 Å². The Bertz CT molecular complexity index is 822. The van der Waals surface area contributed by atoms with Crippen LogP contribution in [0, 0.1) is 17.8 Å². The van der Waals surface area contributed by atoms with Crippen molar-refractivity contribution in [1.82, 2.24) is 0 Å². The Morgan fingerprint density at radius 3 is 2.66 bits per heavy atom. The first kappa shape index (κ1) is 23.4. The van der Waals surface area contributed by atoms with E-state index in [9.17, 15) is 24.9 Å². The predicted molar refractivity (Wildman–Crippen MR) is 110 cm³/mol. The third-order valence-electron chi connectivity index (χ3n) is 7.60. The second-order valence-electron chi connectivity index (χ2n) is 9.65. The van der Waals surface area contributed by atoms with E-state index >= 15 is 0 Å². The number of ether oxygens (including phenoxy) is 4. The Balaban J connectivity index is 1.54. The molecule has 2 heterocycles. The minimum Gasteiger partial charge on any atom is -0.463 e. The first-order valence-corrected chi connectivity index (χ1v) is 11.1. The zero-order chi connectivity index (χ0) is 23.4. The number of carbonyl (C=O) groups excluding carboxylic acids is 2. The maximum atomic E-state index is 12.1. The molecule has 2 aliphatic carbocycles. The highest BCUT2D eigenvalue weighted by Gasteiger charge is 2.55. The van der Waals surface area contributed by atoms with Gasteiger partial charge in [-0.15, -0.1) is 0 Å². The van der Waals surface area contributed by atoms with Gasteiger partial charge in [0.25, 0.3) is 0 Å². The van der Waals surface area contributed by atoms with E-state index < -0.39 is 42.3 Å². The van der Waals surface area contributed by atoms with Gasteiger partial charge in [0.15, 0.2) is 6.29 Å². The van der Waals surface area contributed by atoms with E-state index in [1.54, 1.807) is 0 Å². The lowest BCUT2D eigenvalue weighted by molar-refractivity contribution is -0.329. The normalized spacial score (nSPS) is 46.1. The summed E-state index contributed by atoms with van der Waals surface area (Å²) in [5, 5.41) is 31.1. The molecular formula is C23H32O9. The maximum absolute atomic E-state index is 12.1. The smallest absolute Gasteiger partial charge is 0.334 e. The number of esters is 2. The number of carbonyl (C=O) groups is 2. The van der Waals surface area contributed by atoms with E-state index in [1.807, 2.05) is 19.9 Å². The second-order valence-corrected chi connectivity index (χ2v) is 9.65. The second kappa shape index (κ2) is 8.53. The number of rotatable bonds is 4. The number of aliphatic hydroxyl groups is 3. The lowest BCUT2D eigenvalue weighted by Gasteiger charge is -2.45. The molecule has 4 rings (SSSR count). The molecule has 2 saturated heterocycles. The summed E-state index contributed by atoms with van der Waals surface area (Å²) < 4.78 is 22.5. The molecule has 0 radical (unpaired) electrons. The first-order chi connectivity index (χ1) is 15.0. The van der Waals surface area contributed by atoms with Gasteiger partial charge in [-0.3, -0.25) is 4.79 Å². The van der Waals surface area contributed by atoms with Crippen molar-refractivity contribution in [3.8, 4) is 0 Å². The minimum atomic E-state index is -1.52. The fourth-order valence-corrected chi connectivity index (χ4v) is 5.69. The Morgan fingerprint density at radius 1 is 1.25 bits per heavy atom. The minimum absolute atomic E-state index is 0.00622. The highest BCUT2D eigenvalue weighted by atomic mass is 16.7. The van der Waals surface area contributed by atoms with Crippen LogP contribution in [-0.4, -0.2) is 76.3 Å². The van der Waals surface area contributed by atoms with Crippen molar-refractivity contribution in [3.63, 3.8) is 0 Å². The summed E-state index contributed by atoms with van der Waals surface area (Å²) in [4.78, 5) is 23.2. The molecule has 3 fully saturated rings.